The molecule has 0 amide bonds. The van der Waals surface area contributed by atoms with Gasteiger partial charge in [-0.05, 0) is 11.1 Å². The third kappa shape index (κ3) is 2.30. The summed E-state index contributed by atoms with van der Waals surface area (Å²) in [5.41, 5.74) is 2.34. The average Bonchev–Trinajstić information content (AvgIpc) is 2.29. The van der Waals surface area contributed by atoms with Crippen molar-refractivity contribution in [3.63, 3.8) is 0 Å². The molecule has 1 aromatic carbocycles. The molecule has 0 aliphatic rings. The van der Waals surface area contributed by atoms with Gasteiger partial charge in [0, 0.05) is 12.1 Å². The predicted molar refractivity (Wildman–Crippen MR) is 58.5 cm³/mol. The van der Waals surface area contributed by atoms with Crippen LogP contribution >= 0.6 is 0 Å². The van der Waals surface area contributed by atoms with E-state index in [1.807, 2.05) is 30.3 Å². The van der Waals surface area contributed by atoms with E-state index >= 15 is 0 Å². The van der Waals surface area contributed by atoms with Crippen LogP contribution in [-0.4, -0.2) is 0 Å². The molecule has 1 heteroatoms. The van der Waals surface area contributed by atoms with Crippen molar-refractivity contribution in [1.29, 1.82) is 0 Å². The largest absolute Gasteiger partial charge is 0.318 e. The van der Waals surface area contributed by atoms with Gasteiger partial charge < -0.3 is 0 Å². The highest BCUT2D eigenvalue weighted by atomic mass is 16.3. The van der Waals surface area contributed by atoms with Gasteiger partial charge in [-0.2, -0.15) is 0 Å². The van der Waals surface area contributed by atoms with E-state index in [4.69, 9.17) is 4.42 Å². The molecular formula is C13H11O+. The fraction of sp³-hybridized carbons (Fsp3) is 0. The van der Waals surface area contributed by atoms with Crippen LogP contribution in [0.3, 0.4) is 0 Å². The minimum absolute atomic E-state index is 1.14. The Morgan fingerprint density at radius 1 is 0.714 bits per heavy atom. The van der Waals surface area contributed by atoms with Crippen LogP contribution in [0.2, 0.25) is 0 Å². The lowest BCUT2D eigenvalue weighted by Gasteiger charge is -1.90. The van der Waals surface area contributed by atoms with Gasteiger partial charge in [-0.1, -0.05) is 42.5 Å². The van der Waals surface area contributed by atoms with Crippen molar-refractivity contribution >= 4 is 12.2 Å². The highest BCUT2D eigenvalue weighted by Gasteiger charge is 1.90. The van der Waals surface area contributed by atoms with E-state index in [0.29, 0.717) is 0 Å². The summed E-state index contributed by atoms with van der Waals surface area (Å²) in [6.07, 6.45) is 7.48. The van der Waals surface area contributed by atoms with Crippen molar-refractivity contribution < 1.29 is 4.42 Å². The van der Waals surface area contributed by atoms with Crippen LogP contribution in [0.15, 0.2) is 59.4 Å². The van der Waals surface area contributed by atoms with Gasteiger partial charge in [-0.15, -0.1) is 0 Å². The van der Waals surface area contributed by atoms with Crippen molar-refractivity contribution in [2.75, 3.05) is 0 Å². The van der Waals surface area contributed by atoms with Crippen molar-refractivity contribution in [3.05, 3.63) is 66.1 Å². The Kier molecular flexibility index (Phi) is 2.72. The lowest BCUT2D eigenvalue weighted by Crippen LogP contribution is -1.70. The number of benzene rings is 1. The maximum Gasteiger partial charge on any atom is 0.318 e. The maximum atomic E-state index is 4.94. The lowest BCUT2D eigenvalue weighted by atomic mass is 10.2. The maximum absolute atomic E-state index is 4.94. The van der Waals surface area contributed by atoms with Crippen molar-refractivity contribution in [2.45, 2.75) is 0 Å². The van der Waals surface area contributed by atoms with Crippen LogP contribution in [0.1, 0.15) is 11.1 Å². The SMILES string of the molecule is C(=C\c1cc[o+]cc1)/c1ccccc1. The fourth-order valence-electron chi connectivity index (χ4n) is 1.20. The van der Waals surface area contributed by atoms with Crippen LogP contribution < -0.4 is 0 Å². The molecule has 0 aliphatic carbocycles. The molecule has 0 saturated carbocycles. The molecule has 1 aromatic heterocycles. The first-order valence-electron chi connectivity index (χ1n) is 4.54. The van der Waals surface area contributed by atoms with Crippen LogP contribution in [0.25, 0.3) is 12.2 Å². The molecule has 68 valence electrons. The summed E-state index contributed by atoms with van der Waals surface area (Å²) in [7, 11) is 0. The van der Waals surface area contributed by atoms with Gasteiger partial charge in [0.15, 0.2) is 0 Å². The standard InChI is InChI=1S/C13H11O/c1-2-4-12(5-3-1)6-7-13-8-10-14-11-9-13/h1-11H/q+1/b7-6+. The molecule has 1 nitrogen and oxygen atoms in total. The van der Waals surface area contributed by atoms with Gasteiger partial charge in [0.2, 0.25) is 0 Å². The summed E-state index contributed by atoms with van der Waals surface area (Å²) in [4.78, 5) is 0. The van der Waals surface area contributed by atoms with E-state index in [9.17, 15) is 0 Å². The average molecular weight is 183 g/mol. The zero-order chi connectivity index (χ0) is 9.64. The Morgan fingerprint density at radius 3 is 1.93 bits per heavy atom. The Labute approximate surface area is 83.3 Å². The molecule has 1 heterocycles. The van der Waals surface area contributed by atoms with Gasteiger partial charge in [0.05, 0.1) is 0 Å². The molecule has 0 fully saturated rings. The Morgan fingerprint density at radius 2 is 1.29 bits per heavy atom. The van der Waals surface area contributed by atoms with E-state index in [1.165, 1.54) is 5.56 Å². The molecule has 0 aliphatic heterocycles. The lowest BCUT2D eigenvalue weighted by molar-refractivity contribution is 0.550. The number of hydrogen-bond acceptors (Lipinski definition) is 0. The van der Waals surface area contributed by atoms with Crippen LogP contribution in [0, 0.1) is 0 Å². The number of hydrogen-bond donors (Lipinski definition) is 0. The van der Waals surface area contributed by atoms with Gasteiger partial charge in [0.1, 0.15) is 0 Å². The number of rotatable bonds is 2. The Balaban J connectivity index is 2.16. The molecule has 2 aromatic rings. The first kappa shape index (κ1) is 8.70. The quantitative estimate of drug-likeness (QED) is 0.645. The molecule has 14 heavy (non-hydrogen) atoms. The summed E-state index contributed by atoms with van der Waals surface area (Å²) in [6, 6.07) is 14.1. The Bertz CT molecular complexity index is 362. The predicted octanol–water partition coefficient (Wildman–Crippen LogP) is 3.73. The smallest absolute Gasteiger partial charge is 0.224 e. The highest BCUT2D eigenvalue weighted by Crippen LogP contribution is 2.06. The van der Waals surface area contributed by atoms with E-state index in [1.54, 1.807) is 12.5 Å². The summed E-state index contributed by atoms with van der Waals surface area (Å²) < 4.78 is 4.94. The van der Waals surface area contributed by atoms with Crippen LogP contribution in [0.5, 0.6) is 0 Å². The van der Waals surface area contributed by atoms with E-state index < -0.39 is 0 Å². The van der Waals surface area contributed by atoms with Gasteiger partial charge in [0.25, 0.3) is 0 Å². The summed E-state index contributed by atoms with van der Waals surface area (Å²) in [5.74, 6) is 0. The van der Waals surface area contributed by atoms with Crippen molar-refractivity contribution in [3.8, 4) is 0 Å². The normalized spacial score (nSPS) is 10.6. The van der Waals surface area contributed by atoms with Crippen molar-refractivity contribution in [2.24, 2.45) is 0 Å². The molecule has 0 radical (unpaired) electrons. The summed E-state index contributed by atoms with van der Waals surface area (Å²) in [5, 5.41) is 0. The second-order valence-corrected chi connectivity index (χ2v) is 2.99. The molecule has 0 bridgehead atoms. The first-order valence-corrected chi connectivity index (χ1v) is 4.54. The molecular weight excluding hydrogens is 172 g/mol. The zero-order valence-corrected chi connectivity index (χ0v) is 7.76. The topological polar surface area (TPSA) is 11.3 Å². The van der Waals surface area contributed by atoms with Crippen LogP contribution in [0.4, 0.5) is 0 Å². The van der Waals surface area contributed by atoms with E-state index in [-0.39, 0.29) is 0 Å². The van der Waals surface area contributed by atoms with E-state index in [2.05, 4.69) is 24.3 Å². The summed E-state index contributed by atoms with van der Waals surface area (Å²) >= 11 is 0. The zero-order valence-electron chi connectivity index (χ0n) is 7.76. The first-order chi connectivity index (χ1) is 6.95. The Hall–Kier alpha value is -1.89. The molecule has 0 atom stereocenters. The van der Waals surface area contributed by atoms with E-state index in [0.717, 1.165) is 5.56 Å². The molecule has 2 rings (SSSR count). The van der Waals surface area contributed by atoms with Gasteiger partial charge >= 0.3 is 12.5 Å². The molecule has 0 spiro atoms. The minimum Gasteiger partial charge on any atom is -0.224 e. The fourth-order valence-corrected chi connectivity index (χ4v) is 1.20. The molecule has 0 N–H and O–H groups in total. The second-order valence-electron chi connectivity index (χ2n) is 2.99. The van der Waals surface area contributed by atoms with Gasteiger partial charge in [-0.25, -0.2) is 4.42 Å². The molecule has 0 saturated heterocycles. The third-order valence-corrected chi connectivity index (χ3v) is 1.95. The highest BCUT2D eigenvalue weighted by molar-refractivity contribution is 5.69. The molecule has 0 unspecified atom stereocenters. The van der Waals surface area contributed by atoms with Gasteiger partial charge in [-0.3, -0.25) is 0 Å². The summed E-state index contributed by atoms with van der Waals surface area (Å²) in [6.45, 7) is 0. The van der Waals surface area contributed by atoms with Crippen molar-refractivity contribution in [1.82, 2.24) is 0 Å². The van der Waals surface area contributed by atoms with Crippen LogP contribution in [-0.2, 0) is 0 Å². The monoisotopic (exact) mass is 183 g/mol. The second kappa shape index (κ2) is 4.38. The minimum atomic E-state index is 1.14. The third-order valence-electron chi connectivity index (χ3n) is 1.95.